The SMILES string of the molecule is CCC(C)N1CCN(CCN2CC(C)C2)CC1. The molecule has 2 heterocycles. The third-order valence-corrected chi connectivity index (χ3v) is 4.49. The summed E-state index contributed by atoms with van der Waals surface area (Å²) in [6.07, 6.45) is 1.28. The van der Waals surface area contributed by atoms with Gasteiger partial charge in [-0.3, -0.25) is 9.80 Å². The largest absolute Gasteiger partial charge is 0.301 e. The fraction of sp³-hybridized carbons (Fsp3) is 1.00. The highest BCUT2D eigenvalue weighted by molar-refractivity contribution is 4.79. The van der Waals surface area contributed by atoms with Crippen LogP contribution in [0, 0.1) is 5.92 Å². The van der Waals surface area contributed by atoms with Crippen LogP contribution in [0.2, 0.25) is 0 Å². The molecule has 1 unspecified atom stereocenters. The Morgan fingerprint density at radius 2 is 1.59 bits per heavy atom. The van der Waals surface area contributed by atoms with Crippen molar-refractivity contribution in [3.05, 3.63) is 0 Å². The zero-order chi connectivity index (χ0) is 12.3. The number of rotatable bonds is 5. The zero-order valence-electron chi connectivity index (χ0n) is 11.9. The smallest absolute Gasteiger partial charge is 0.0113 e. The van der Waals surface area contributed by atoms with Crippen LogP contribution in [0.4, 0.5) is 0 Å². The first-order valence-electron chi connectivity index (χ1n) is 7.37. The lowest BCUT2D eigenvalue weighted by Crippen LogP contribution is -2.53. The molecule has 2 fully saturated rings. The molecule has 2 aliphatic rings. The third-order valence-electron chi connectivity index (χ3n) is 4.49. The molecule has 0 radical (unpaired) electrons. The number of hydrogen-bond acceptors (Lipinski definition) is 3. The molecule has 100 valence electrons. The highest BCUT2D eigenvalue weighted by Gasteiger charge is 2.24. The Labute approximate surface area is 107 Å². The van der Waals surface area contributed by atoms with Crippen LogP contribution >= 0.6 is 0 Å². The van der Waals surface area contributed by atoms with E-state index in [9.17, 15) is 0 Å². The van der Waals surface area contributed by atoms with E-state index < -0.39 is 0 Å². The summed E-state index contributed by atoms with van der Waals surface area (Å²) in [5, 5.41) is 0. The normalized spacial score (nSPS) is 27.0. The average Bonchev–Trinajstić information content (AvgIpc) is 2.33. The van der Waals surface area contributed by atoms with Crippen molar-refractivity contribution in [1.29, 1.82) is 0 Å². The van der Waals surface area contributed by atoms with Crippen molar-refractivity contribution in [2.75, 3.05) is 52.4 Å². The molecule has 1 atom stereocenters. The van der Waals surface area contributed by atoms with Gasteiger partial charge in [0.05, 0.1) is 0 Å². The summed E-state index contributed by atoms with van der Waals surface area (Å²) in [6, 6.07) is 0.772. The molecule has 0 aromatic carbocycles. The third kappa shape index (κ3) is 3.67. The maximum absolute atomic E-state index is 2.64. The van der Waals surface area contributed by atoms with Gasteiger partial charge < -0.3 is 4.90 Å². The monoisotopic (exact) mass is 239 g/mol. The van der Waals surface area contributed by atoms with Crippen LogP contribution in [0.1, 0.15) is 27.2 Å². The molecule has 17 heavy (non-hydrogen) atoms. The Hall–Kier alpha value is -0.120. The molecule has 0 aliphatic carbocycles. The number of hydrogen-bond donors (Lipinski definition) is 0. The van der Waals surface area contributed by atoms with Gasteiger partial charge in [0.1, 0.15) is 0 Å². The molecule has 2 rings (SSSR count). The Balaban J connectivity index is 1.59. The van der Waals surface area contributed by atoms with E-state index in [0.717, 1.165) is 12.0 Å². The molecule has 3 nitrogen and oxygen atoms in total. The van der Waals surface area contributed by atoms with Gasteiger partial charge in [-0.1, -0.05) is 13.8 Å². The summed E-state index contributed by atoms with van der Waals surface area (Å²) >= 11 is 0. The van der Waals surface area contributed by atoms with Crippen LogP contribution in [0.25, 0.3) is 0 Å². The van der Waals surface area contributed by atoms with Gasteiger partial charge in [-0.05, 0) is 19.3 Å². The summed E-state index contributed by atoms with van der Waals surface area (Å²) in [5.41, 5.74) is 0. The van der Waals surface area contributed by atoms with Crippen LogP contribution in [0.5, 0.6) is 0 Å². The Morgan fingerprint density at radius 1 is 1.00 bits per heavy atom. The summed E-state index contributed by atoms with van der Waals surface area (Å²) in [6.45, 7) is 17.3. The lowest BCUT2D eigenvalue weighted by Gasteiger charge is -2.41. The van der Waals surface area contributed by atoms with E-state index in [2.05, 4.69) is 35.5 Å². The van der Waals surface area contributed by atoms with E-state index in [1.54, 1.807) is 0 Å². The predicted octanol–water partition coefficient (Wildman–Crippen LogP) is 1.35. The van der Waals surface area contributed by atoms with Crippen LogP contribution in [0.3, 0.4) is 0 Å². The molecule has 0 aromatic rings. The average molecular weight is 239 g/mol. The van der Waals surface area contributed by atoms with Crippen molar-refractivity contribution >= 4 is 0 Å². The van der Waals surface area contributed by atoms with E-state index in [-0.39, 0.29) is 0 Å². The molecule has 0 aromatic heterocycles. The van der Waals surface area contributed by atoms with Crippen LogP contribution in [-0.4, -0.2) is 73.1 Å². The lowest BCUT2D eigenvalue weighted by molar-refractivity contribution is 0.0657. The van der Waals surface area contributed by atoms with Crippen molar-refractivity contribution in [3.8, 4) is 0 Å². The second kappa shape index (κ2) is 6.17. The van der Waals surface area contributed by atoms with Crippen LogP contribution in [0.15, 0.2) is 0 Å². The van der Waals surface area contributed by atoms with Gasteiger partial charge in [-0.25, -0.2) is 0 Å². The Kier molecular flexibility index (Phi) is 4.83. The molecular formula is C14H29N3. The summed E-state index contributed by atoms with van der Waals surface area (Å²) in [5.74, 6) is 0.942. The second-order valence-corrected chi connectivity index (χ2v) is 6.00. The maximum atomic E-state index is 2.64. The minimum absolute atomic E-state index is 0.772. The second-order valence-electron chi connectivity index (χ2n) is 6.00. The molecule has 0 amide bonds. The topological polar surface area (TPSA) is 9.72 Å². The van der Waals surface area contributed by atoms with E-state index in [4.69, 9.17) is 0 Å². The van der Waals surface area contributed by atoms with Crippen molar-refractivity contribution in [3.63, 3.8) is 0 Å². The molecular weight excluding hydrogens is 210 g/mol. The quantitative estimate of drug-likeness (QED) is 0.717. The molecule has 0 bridgehead atoms. The number of nitrogens with zero attached hydrogens (tertiary/aromatic N) is 3. The minimum atomic E-state index is 0.772. The van der Waals surface area contributed by atoms with E-state index in [1.807, 2.05) is 0 Å². The van der Waals surface area contributed by atoms with Crippen molar-refractivity contribution < 1.29 is 0 Å². The summed E-state index contributed by atoms with van der Waals surface area (Å²) in [7, 11) is 0. The summed E-state index contributed by atoms with van der Waals surface area (Å²) in [4.78, 5) is 7.87. The standard InChI is InChI=1S/C14H29N3/c1-4-14(3)17-9-7-15(8-10-17)5-6-16-11-13(2)12-16/h13-14H,4-12H2,1-3H3. The van der Waals surface area contributed by atoms with Crippen molar-refractivity contribution in [1.82, 2.24) is 14.7 Å². The predicted molar refractivity (Wildman–Crippen MR) is 73.4 cm³/mol. The first-order chi connectivity index (χ1) is 8.19. The fourth-order valence-corrected chi connectivity index (χ4v) is 2.98. The Bertz CT molecular complexity index is 218. The lowest BCUT2D eigenvalue weighted by atomic mass is 10.0. The van der Waals surface area contributed by atoms with Crippen LogP contribution < -0.4 is 0 Å². The molecule has 3 heteroatoms. The maximum Gasteiger partial charge on any atom is 0.0113 e. The van der Waals surface area contributed by atoms with Gasteiger partial charge in [0.15, 0.2) is 0 Å². The van der Waals surface area contributed by atoms with E-state index in [0.29, 0.717) is 0 Å². The van der Waals surface area contributed by atoms with E-state index >= 15 is 0 Å². The van der Waals surface area contributed by atoms with Gasteiger partial charge >= 0.3 is 0 Å². The van der Waals surface area contributed by atoms with Gasteiger partial charge in [-0.15, -0.1) is 0 Å². The number of piperazine rings is 1. The van der Waals surface area contributed by atoms with Gasteiger partial charge in [0, 0.05) is 58.4 Å². The van der Waals surface area contributed by atoms with Gasteiger partial charge in [0.2, 0.25) is 0 Å². The minimum Gasteiger partial charge on any atom is -0.301 e. The Morgan fingerprint density at radius 3 is 2.12 bits per heavy atom. The molecule has 0 saturated carbocycles. The van der Waals surface area contributed by atoms with E-state index in [1.165, 1.54) is 58.8 Å². The summed E-state index contributed by atoms with van der Waals surface area (Å²) < 4.78 is 0. The first-order valence-corrected chi connectivity index (χ1v) is 7.37. The highest BCUT2D eigenvalue weighted by atomic mass is 15.3. The van der Waals surface area contributed by atoms with Gasteiger partial charge in [0.25, 0.3) is 0 Å². The molecule has 2 saturated heterocycles. The first kappa shape index (κ1) is 13.3. The molecule has 2 aliphatic heterocycles. The molecule has 0 spiro atoms. The zero-order valence-corrected chi connectivity index (χ0v) is 11.9. The van der Waals surface area contributed by atoms with Crippen molar-refractivity contribution in [2.24, 2.45) is 5.92 Å². The van der Waals surface area contributed by atoms with Crippen molar-refractivity contribution in [2.45, 2.75) is 33.2 Å². The van der Waals surface area contributed by atoms with Crippen LogP contribution in [-0.2, 0) is 0 Å². The number of likely N-dealkylation sites (tertiary alicyclic amines) is 1. The molecule has 0 N–H and O–H groups in total. The van der Waals surface area contributed by atoms with Gasteiger partial charge in [-0.2, -0.15) is 0 Å². The fourth-order valence-electron chi connectivity index (χ4n) is 2.98. The highest BCUT2D eigenvalue weighted by Crippen LogP contribution is 2.14.